The molecule has 0 spiro atoms. The number of aliphatic hydroxyl groups is 2. The summed E-state index contributed by atoms with van der Waals surface area (Å²) >= 11 is 7.83. The summed E-state index contributed by atoms with van der Waals surface area (Å²) in [4.78, 5) is 2.12. The van der Waals surface area contributed by atoms with Crippen molar-refractivity contribution in [3.8, 4) is 0 Å². The minimum Gasteiger partial charge on any atom is -0.395 e. The lowest BCUT2D eigenvalue weighted by Gasteiger charge is -2.34. The van der Waals surface area contributed by atoms with E-state index < -0.39 is 5.00 Å². The summed E-state index contributed by atoms with van der Waals surface area (Å²) in [6.07, 6.45) is 5.53. The number of alkyl halides is 1. The van der Waals surface area contributed by atoms with Gasteiger partial charge in [0.25, 0.3) is 0 Å². The molecular weight excluding hydrogens is 296 g/mol. The predicted molar refractivity (Wildman–Crippen MR) is 83.7 cm³/mol. The maximum absolute atomic E-state index is 9.20. The number of hydrogen-bond donors (Lipinski definition) is 3. The Morgan fingerprint density at radius 3 is 2.60 bits per heavy atom. The minimum absolute atomic E-state index is 0.0384. The van der Waals surface area contributed by atoms with Gasteiger partial charge < -0.3 is 15.9 Å². The van der Waals surface area contributed by atoms with E-state index in [1.165, 1.54) is 0 Å². The van der Waals surface area contributed by atoms with Crippen molar-refractivity contribution in [1.29, 1.82) is 0 Å². The number of nitrogens with zero attached hydrogens (tertiary/aromatic N) is 1. The average molecular weight is 315 g/mol. The molecule has 0 aromatic carbocycles. The zero-order chi connectivity index (χ0) is 14.6. The van der Waals surface area contributed by atoms with Gasteiger partial charge in [-0.2, -0.15) is 0 Å². The summed E-state index contributed by atoms with van der Waals surface area (Å²) in [5.41, 5.74) is 6.99. The molecule has 4 N–H and O–H groups in total. The Balaban J connectivity index is 2.32. The molecule has 2 atom stereocenters. The van der Waals surface area contributed by atoms with Gasteiger partial charge in [0.05, 0.1) is 19.3 Å². The highest BCUT2D eigenvalue weighted by atomic mass is 35.5. The van der Waals surface area contributed by atoms with Crippen LogP contribution in [0.3, 0.4) is 0 Å². The normalized spacial score (nSPS) is 26.1. The smallest absolute Gasteiger partial charge is 0.129 e. The fourth-order valence-electron chi connectivity index (χ4n) is 2.34. The van der Waals surface area contributed by atoms with Crippen molar-refractivity contribution >= 4 is 28.5 Å². The Bertz CT molecular complexity index is 479. The maximum Gasteiger partial charge on any atom is 0.129 e. The molecule has 2 rings (SSSR count). The number of rotatable bonds is 6. The van der Waals surface area contributed by atoms with Crippen molar-refractivity contribution in [3.05, 3.63) is 40.6 Å². The SMILES string of the molecule is NC1(Cl)C=CC(N(CCO)CCO)C(c2cccs2)=C1. The van der Waals surface area contributed by atoms with E-state index in [1.807, 2.05) is 34.6 Å². The molecule has 4 nitrogen and oxygen atoms in total. The molecule has 1 aromatic heterocycles. The summed E-state index contributed by atoms with van der Waals surface area (Å²) in [6.45, 7) is 1.05. The summed E-state index contributed by atoms with van der Waals surface area (Å²) < 4.78 is 0. The molecule has 1 aliphatic rings. The first-order valence-electron chi connectivity index (χ1n) is 6.47. The number of hydrogen-bond acceptors (Lipinski definition) is 5. The molecule has 20 heavy (non-hydrogen) atoms. The molecule has 0 saturated heterocycles. The van der Waals surface area contributed by atoms with Gasteiger partial charge in [0.15, 0.2) is 0 Å². The van der Waals surface area contributed by atoms with E-state index in [0.29, 0.717) is 13.1 Å². The first-order valence-corrected chi connectivity index (χ1v) is 7.72. The highest BCUT2D eigenvalue weighted by Gasteiger charge is 2.29. The molecule has 1 aromatic rings. The average Bonchev–Trinajstić information content (AvgIpc) is 2.91. The highest BCUT2D eigenvalue weighted by molar-refractivity contribution is 7.11. The number of thiophene rings is 1. The van der Waals surface area contributed by atoms with Crippen LogP contribution in [-0.2, 0) is 0 Å². The fraction of sp³-hybridized carbons (Fsp3) is 0.429. The lowest BCUT2D eigenvalue weighted by molar-refractivity contribution is 0.155. The first kappa shape index (κ1) is 15.7. The molecule has 0 aliphatic heterocycles. The van der Waals surface area contributed by atoms with Crippen LogP contribution in [0, 0.1) is 0 Å². The summed E-state index contributed by atoms with van der Waals surface area (Å²) in [7, 11) is 0. The maximum atomic E-state index is 9.20. The molecule has 2 unspecified atom stereocenters. The van der Waals surface area contributed by atoms with Gasteiger partial charge in [0.2, 0.25) is 0 Å². The molecule has 1 aliphatic carbocycles. The van der Waals surface area contributed by atoms with Crippen LogP contribution in [0.4, 0.5) is 0 Å². The van der Waals surface area contributed by atoms with Crippen molar-refractivity contribution < 1.29 is 10.2 Å². The monoisotopic (exact) mass is 314 g/mol. The van der Waals surface area contributed by atoms with Crippen LogP contribution in [0.15, 0.2) is 35.7 Å². The van der Waals surface area contributed by atoms with E-state index in [-0.39, 0.29) is 19.3 Å². The van der Waals surface area contributed by atoms with Gasteiger partial charge in [-0.25, -0.2) is 0 Å². The number of halogens is 1. The molecular formula is C14H19ClN2O2S. The van der Waals surface area contributed by atoms with Gasteiger partial charge in [0.1, 0.15) is 5.00 Å². The molecule has 0 fully saturated rings. The van der Waals surface area contributed by atoms with Crippen molar-refractivity contribution in [2.75, 3.05) is 26.3 Å². The summed E-state index contributed by atoms with van der Waals surface area (Å²) in [5.74, 6) is 0. The van der Waals surface area contributed by atoms with Gasteiger partial charge >= 0.3 is 0 Å². The summed E-state index contributed by atoms with van der Waals surface area (Å²) in [6, 6.07) is 3.96. The van der Waals surface area contributed by atoms with Crippen LogP contribution in [-0.4, -0.2) is 52.5 Å². The molecule has 6 heteroatoms. The number of aliphatic hydroxyl groups excluding tert-OH is 2. The highest BCUT2D eigenvalue weighted by Crippen LogP contribution is 2.34. The fourth-order valence-corrected chi connectivity index (χ4v) is 3.31. The van der Waals surface area contributed by atoms with Crippen LogP contribution >= 0.6 is 22.9 Å². The third-order valence-electron chi connectivity index (χ3n) is 3.20. The lowest BCUT2D eigenvalue weighted by Crippen LogP contribution is -2.42. The van der Waals surface area contributed by atoms with Crippen LogP contribution < -0.4 is 5.73 Å². The second-order valence-electron chi connectivity index (χ2n) is 4.69. The van der Waals surface area contributed by atoms with Crippen LogP contribution in [0.5, 0.6) is 0 Å². The van der Waals surface area contributed by atoms with Crippen molar-refractivity contribution in [3.63, 3.8) is 0 Å². The molecule has 0 radical (unpaired) electrons. The molecule has 0 amide bonds. The number of nitrogens with two attached hydrogens (primary N) is 1. The molecule has 0 saturated carbocycles. The predicted octanol–water partition coefficient (Wildman–Crippen LogP) is 1.25. The van der Waals surface area contributed by atoms with Gasteiger partial charge in [-0.05, 0) is 29.2 Å². The van der Waals surface area contributed by atoms with Crippen molar-refractivity contribution in [2.24, 2.45) is 5.73 Å². The van der Waals surface area contributed by atoms with Gasteiger partial charge in [-0.1, -0.05) is 23.7 Å². The topological polar surface area (TPSA) is 69.7 Å². The van der Waals surface area contributed by atoms with Crippen molar-refractivity contribution in [1.82, 2.24) is 4.90 Å². The van der Waals surface area contributed by atoms with E-state index in [9.17, 15) is 10.2 Å². The Morgan fingerprint density at radius 2 is 2.05 bits per heavy atom. The largest absolute Gasteiger partial charge is 0.395 e. The van der Waals surface area contributed by atoms with E-state index in [4.69, 9.17) is 17.3 Å². The minimum atomic E-state index is -0.986. The molecule has 0 bridgehead atoms. The van der Waals surface area contributed by atoms with Gasteiger partial charge in [-0.3, -0.25) is 4.90 Å². The third-order valence-corrected chi connectivity index (χ3v) is 4.36. The Hall–Kier alpha value is -0.690. The molecule has 1 heterocycles. The van der Waals surface area contributed by atoms with Crippen molar-refractivity contribution in [2.45, 2.75) is 11.0 Å². The Labute approximate surface area is 127 Å². The zero-order valence-electron chi connectivity index (χ0n) is 11.1. The van der Waals surface area contributed by atoms with E-state index in [2.05, 4.69) is 0 Å². The van der Waals surface area contributed by atoms with Gasteiger partial charge in [0, 0.05) is 18.0 Å². The first-order chi connectivity index (χ1) is 9.57. The van der Waals surface area contributed by atoms with Crippen LogP contribution in [0.25, 0.3) is 5.57 Å². The summed E-state index contributed by atoms with van der Waals surface area (Å²) in [5, 5.41) is 20.4. The van der Waals surface area contributed by atoms with Gasteiger partial charge in [-0.15, -0.1) is 11.3 Å². The Kier molecular flexibility index (Phi) is 5.37. The molecule has 110 valence electrons. The zero-order valence-corrected chi connectivity index (χ0v) is 12.6. The Morgan fingerprint density at radius 1 is 1.35 bits per heavy atom. The van der Waals surface area contributed by atoms with E-state index in [0.717, 1.165) is 10.5 Å². The van der Waals surface area contributed by atoms with Crippen LogP contribution in [0.1, 0.15) is 4.88 Å². The standard InChI is InChI=1S/C14H19ClN2O2S/c15-14(16)4-3-12(17(5-7-18)6-8-19)11(10-14)13-2-1-9-20-13/h1-4,9-10,12,18-19H,5-8,16H2. The van der Waals surface area contributed by atoms with E-state index >= 15 is 0 Å². The second kappa shape index (κ2) is 6.85. The van der Waals surface area contributed by atoms with Crippen LogP contribution in [0.2, 0.25) is 0 Å². The quantitative estimate of drug-likeness (QED) is 0.420. The van der Waals surface area contributed by atoms with E-state index in [1.54, 1.807) is 17.4 Å². The second-order valence-corrected chi connectivity index (χ2v) is 6.29. The third kappa shape index (κ3) is 3.69. The lowest BCUT2D eigenvalue weighted by atomic mass is 9.95.